The second-order valence-corrected chi connectivity index (χ2v) is 7.65. The van der Waals surface area contributed by atoms with Gasteiger partial charge in [0.15, 0.2) is 0 Å². The zero-order valence-electron chi connectivity index (χ0n) is 17.7. The molecule has 0 spiro atoms. The fourth-order valence-electron chi connectivity index (χ4n) is 4.39. The molecule has 2 aromatic heterocycles. The van der Waals surface area contributed by atoms with Gasteiger partial charge in [0.2, 0.25) is 0 Å². The molecule has 0 saturated heterocycles. The average molecular weight is 393 g/mol. The Hall–Kier alpha value is -3.66. The second-order valence-electron chi connectivity index (χ2n) is 7.65. The maximum Gasteiger partial charge on any atom is 0.141 e. The van der Waals surface area contributed by atoms with Crippen molar-refractivity contribution in [3.05, 3.63) is 83.0 Å². The van der Waals surface area contributed by atoms with Gasteiger partial charge in [-0.25, -0.2) is 9.97 Å². The molecule has 0 fully saturated rings. The zero-order valence-corrected chi connectivity index (χ0v) is 17.7. The highest BCUT2D eigenvalue weighted by Gasteiger charge is 2.15. The number of aromatic nitrogens is 4. The summed E-state index contributed by atoms with van der Waals surface area (Å²) in [6, 6.07) is 23.0. The van der Waals surface area contributed by atoms with Crippen LogP contribution in [0.3, 0.4) is 0 Å². The minimum Gasteiger partial charge on any atom is -0.327 e. The molecule has 0 radical (unpaired) electrons. The fraction of sp³-hybridized carbons (Fsp3) is 0.154. The summed E-state index contributed by atoms with van der Waals surface area (Å²) in [6.07, 6.45) is 2.16. The summed E-state index contributed by atoms with van der Waals surface area (Å²) in [5.41, 5.74) is 6.54. The van der Waals surface area contributed by atoms with Crippen LogP contribution in [0.25, 0.3) is 45.1 Å². The van der Waals surface area contributed by atoms with Gasteiger partial charge < -0.3 is 9.13 Å². The predicted octanol–water partition coefficient (Wildman–Crippen LogP) is 4.15. The summed E-state index contributed by atoms with van der Waals surface area (Å²) in [6.45, 7) is 4.25. The van der Waals surface area contributed by atoms with Crippen molar-refractivity contribution >= 4 is 33.7 Å². The van der Waals surface area contributed by atoms with E-state index >= 15 is 0 Å². The Labute approximate surface area is 175 Å². The third-order valence-corrected chi connectivity index (χ3v) is 5.93. The van der Waals surface area contributed by atoms with E-state index in [1.165, 1.54) is 10.4 Å². The number of hydrogen-bond donors (Lipinski definition) is 0. The van der Waals surface area contributed by atoms with Crippen LogP contribution in [-0.4, -0.2) is 19.1 Å². The first kappa shape index (κ1) is 18.4. The molecule has 30 heavy (non-hydrogen) atoms. The molecular formula is C26H24N4. The lowest BCUT2D eigenvalue weighted by molar-refractivity contribution is 0.917. The van der Waals surface area contributed by atoms with E-state index < -0.39 is 0 Å². The Morgan fingerprint density at radius 1 is 0.767 bits per heavy atom. The summed E-state index contributed by atoms with van der Waals surface area (Å²) in [5, 5.41) is 2.36. The highest BCUT2D eigenvalue weighted by molar-refractivity contribution is 5.83. The molecule has 0 saturated carbocycles. The molecule has 0 bridgehead atoms. The number of nitrogens with zero attached hydrogens (tertiary/aromatic N) is 4. The van der Waals surface area contributed by atoms with E-state index in [1.54, 1.807) is 0 Å². The van der Waals surface area contributed by atoms with Crippen LogP contribution >= 0.6 is 0 Å². The molecule has 4 heteroatoms. The summed E-state index contributed by atoms with van der Waals surface area (Å²) in [7, 11) is 4.17. The third-order valence-electron chi connectivity index (χ3n) is 5.93. The Morgan fingerprint density at radius 3 is 2.03 bits per heavy atom. The number of rotatable bonds is 2. The van der Waals surface area contributed by atoms with Crippen molar-refractivity contribution in [2.45, 2.75) is 13.8 Å². The monoisotopic (exact) mass is 392 g/mol. The lowest BCUT2D eigenvalue weighted by atomic mass is 10.0. The fourth-order valence-corrected chi connectivity index (χ4v) is 4.39. The summed E-state index contributed by atoms with van der Waals surface area (Å²) in [4.78, 5) is 9.92. The van der Waals surface area contributed by atoms with Gasteiger partial charge in [0.1, 0.15) is 11.6 Å². The van der Waals surface area contributed by atoms with Crippen molar-refractivity contribution in [1.82, 2.24) is 19.1 Å². The van der Waals surface area contributed by atoms with E-state index in [0.717, 1.165) is 44.9 Å². The number of aryl methyl sites for hydroxylation is 2. The van der Waals surface area contributed by atoms with Crippen LogP contribution in [0.5, 0.6) is 0 Å². The lowest BCUT2D eigenvalue weighted by Gasteiger charge is -2.09. The second kappa shape index (κ2) is 6.99. The van der Waals surface area contributed by atoms with Gasteiger partial charge in [-0.1, -0.05) is 48.5 Å². The van der Waals surface area contributed by atoms with Crippen LogP contribution in [0.15, 0.2) is 66.7 Å². The maximum absolute atomic E-state index is 4.97. The molecule has 0 aliphatic heterocycles. The normalized spacial score (nSPS) is 13.4. The predicted molar refractivity (Wildman–Crippen MR) is 124 cm³/mol. The molecule has 0 N–H and O–H groups in total. The van der Waals surface area contributed by atoms with Crippen LogP contribution in [0.4, 0.5) is 0 Å². The zero-order chi connectivity index (χ0) is 20.8. The molecule has 0 aliphatic carbocycles. The van der Waals surface area contributed by atoms with Gasteiger partial charge in [0.05, 0.1) is 22.1 Å². The number of benzene rings is 3. The van der Waals surface area contributed by atoms with E-state index in [4.69, 9.17) is 9.97 Å². The topological polar surface area (TPSA) is 35.6 Å². The van der Waals surface area contributed by atoms with Crippen LogP contribution in [0.2, 0.25) is 0 Å². The minimum atomic E-state index is 0.966. The van der Waals surface area contributed by atoms with Gasteiger partial charge in [-0.15, -0.1) is 0 Å². The van der Waals surface area contributed by atoms with Crippen molar-refractivity contribution in [3.8, 4) is 11.4 Å². The SMILES string of the molecule is C/C=c1/cccc(-c2nc3ccccc3n2C)/c1=C(/C)c1nc2ccccc2n1C. The molecule has 2 heterocycles. The van der Waals surface area contributed by atoms with Gasteiger partial charge in [0.25, 0.3) is 0 Å². The Bertz CT molecular complexity index is 1530. The molecule has 3 aromatic carbocycles. The Kier molecular flexibility index (Phi) is 4.28. The minimum absolute atomic E-state index is 0.966. The molecular weight excluding hydrogens is 368 g/mol. The van der Waals surface area contributed by atoms with E-state index in [2.05, 4.69) is 97.8 Å². The smallest absolute Gasteiger partial charge is 0.141 e. The highest BCUT2D eigenvalue weighted by atomic mass is 15.1. The van der Waals surface area contributed by atoms with Gasteiger partial charge >= 0.3 is 0 Å². The van der Waals surface area contributed by atoms with Crippen molar-refractivity contribution < 1.29 is 0 Å². The van der Waals surface area contributed by atoms with Crippen LogP contribution in [0, 0.1) is 0 Å². The molecule has 0 aliphatic rings. The first-order valence-electron chi connectivity index (χ1n) is 10.2. The number of fused-ring (bicyclic) bond motifs is 2. The summed E-state index contributed by atoms with van der Waals surface area (Å²) >= 11 is 0. The molecule has 0 amide bonds. The van der Waals surface area contributed by atoms with Crippen LogP contribution in [-0.2, 0) is 14.1 Å². The molecule has 5 aromatic rings. The highest BCUT2D eigenvalue weighted by Crippen LogP contribution is 2.23. The largest absolute Gasteiger partial charge is 0.327 e. The van der Waals surface area contributed by atoms with Crippen molar-refractivity contribution in [3.63, 3.8) is 0 Å². The van der Waals surface area contributed by atoms with Crippen molar-refractivity contribution in [2.24, 2.45) is 14.1 Å². The third kappa shape index (κ3) is 2.68. The van der Waals surface area contributed by atoms with Gasteiger partial charge in [-0.3, -0.25) is 0 Å². The number of imidazole rings is 2. The maximum atomic E-state index is 4.97. The van der Waals surface area contributed by atoms with Gasteiger partial charge in [-0.2, -0.15) is 0 Å². The molecule has 0 atom stereocenters. The summed E-state index contributed by atoms with van der Waals surface area (Å²) < 4.78 is 4.35. The van der Waals surface area contributed by atoms with E-state index in [-0.39, 0.29) is 0 Å². The number of hydrogen-bond acceptors (Lipinski definition) is 2. The standard InChI is InChI=1S/C26H24N4/c1-5-18-11-10-12-19(26-28-21-14-7-9-16-23(21)30(26)4)24(18)17(2)25-27-20-13-6-8-15-22(20)29(25)3/h5-16H,1-4H3/b18-5-,24-17-. The molecule has 5 rings (SSSR count). The molecule has 148 valence electrons. The summed E-state index contributed by atoms with van der Waals surface area (Å²) in [5.74, 6) is 1.94. The average Bonchev–Trinajstić information content (AvgIpc) is 3.30. The van der Waals surface area contributed by atoms with E-state index in [0.29, 0.717) is 0 Å². The Morgan fingerprint density at radius 2 is 1.40 bits per heavy atom. The lowest BCUT2D eigenvalue weighted by Crippen LogP contribution is -2.30. The van der Waals surface area contributed by atoms with Crippen LogP contribution < -0.4 is 10.4 Å². The molecule has 4 nitrogen and oxygen atoms in total. The van der Waals surface area contributed by atoms with Crippen molar-refractivity contribution in [2.75, 3.05) is 0 Å². The first-order valence-corrected chi connectivity index (χ1v) is 10.2. The quantitative estimate of drug-likeness (QED) is 0.452. The van der Waals surface area contributed by atoms with Gasteiger partial charge in [-0.05, 0) is 48.6 Å². The molecule has 0 unspecified atom stereocenters. The van der Waals surface area contributed by atoms with E-state index in [9.17, 15) is 0 Å². The number of para-hydroxylation sites is 4. The van der Waals surface area contributed by atoms with Gasteiger partial charge in [0, 0.05) is 25.2 Å². The van der Waals surface area contributed by atoms with Crippen molar-refractivity contribution in [1.29, 1.82) is 0 Å². The van der Waals surface area contributed by atoms with E-state index in [1.807, 2.05) is 12.1 Å². The Balaban J connectivity index is 1.90. The first-order chi connectivity index (χ1) is 14.6. The van der Waals surface area contributed by atoms with Crippen LogP contribution in [0.1, 0.15) is 19.7 Å².